The highest BCUT2D eigenvalue weighted by atomic mass is 16.6. The summed E-state index contributed by atoms with van der Waals surface area (Å²) in [6.07, 6.45) is 0. The van der Waals surface area contributed by atoms with Crippen LogP contribution in [0, 0.1) is 5.21 Å². The second-order valence-electron chi connectivity index (χ2n) is 2.86. The molecular weight excluding hydrogens is 130 g/mol. The Hall–Kier alpha value is -0.160. The molecule has 1 fully saturated rings. The number of nitrogens with one attached hydrogen (secondary N) is 2. The zero-order valence-electron chi connectivity index (χ0n) is 6.55. The van der Waals surface area contributed by atoms with Crippen LogP contribution in [-0.4, -0.2) is 30.8 Å². The van der Waals surface area contributed by atoms with Crippen LogP contribution in [0.25, 0.3) is 0 Å². The van der Waals surface area contributed by atoms with Gasteiger partial charge in [-0.15, -0.1) is 0 Å². The topological polar surface area (TPSA) is 42.8 Å². The summed E-state index contributed by atoms with van der Waals surface area (Å²) in [7, 11) is 0. The molecule has 1 atom stereocenters. The summed E-state index contributed by atoms with van der Waals surface area (Å²) in [5, 5.41) is 16.2. The fourth-order valence-corrected chi connectivity index (χ4v) is 1.17. The zero-order valence-corrected chi connectivity index (χ0v) is 6.55. The first-order valence-corrected chi connectivity index (χ1v) is 3.72. The minimum atomic E-state index is 0.223. The van der Waals surface area contributed by atoms with E-state index in [9.17, 15) is 5.21 Å². The number of quaternary nitrogens is 1. The number of hydrogen-bond acceptors (Lipinski definition) is 3. The van der Waals surface area contributed by atoms with Gasteiger partial charge in [-0.1, -0.05) is 0 Å². The van der Waals surface area contributed by atoms with Crippen molar-refractivity contribution in [2.24, 2.45) is 0 Å². The van der Waals surface area contributed by atoms with E-state index in [2.05, 4.69) is 5.32 Å². The van der Waals surface area contributed by atoms with E-state index in [1.165, 1.54) is 0 Å². The summed E-state index contributed by atoms with van der Waals surface area (Å²) < 4.78 is 0. The van der Waals surface area contributed by atoms with E-state index in [4.69, 9.17) is 0 Å². The van der Waals surface area contributed by atoms with Gasteiger partial charge in [0, 0.05) is 6.54 Å². The van der Waals surface area contributed by atoms with Gasteiger partial charge in [0.1, 0.15) is 6.67 Å². The van der Waals surface area contributed by atoms with Crippen LogP contribution in [-0.2, 0) is 0 Å². The third-order valence-corrected chi connectivity index (χ3v) is 1.75. The molecule has 1 heterocycles. The van der Waals surface area contributed by atoms with Crippen molar-refractivity contribution >= 4 is 0 Å². The predicted octanol–water partition coefficient (Wildman–Crippen LogP) is -1.44. The van der Waals surface area contributed by atoms with Gasteiger partial charge < -0.3 is 5.21 Å². The molecule has 0 aromatic carbocycles. The van der Waals surface area contributed by atoms with E-state index in [-0.39, 0.29) is 5.17 Å². The maximum Gasteiger partial charge on any atom is 0.148 e. The smallest absolute Gasteiger partial charge is 0.148 e. The number of hydrogen-bond donors (Lipinski definition) is 2. The third-order valence-electron chi connectivity index (χ3n) is 1.75. The van der Waals surface area contributed by atoms with E-state index in [0.717, 1.165) is 13.1 Å². The molecule has 0 spiro atoms. The Morgan fingerprint density at radius 1 is 1.60 bits per heavy atom. The quantitative estimate of drug-likeness (QED) is 0.444. The second-order valence-corrected chi connectivity index (χ2v) is 2.86. The molecule has 0 amide bonds. The molecule has 0 radical (unpaired) electrons. The summed E-state index contributed by atoms with van der Waals surface area (Å²) >= 11 is 0. The molecule has 1 aliphatic rings. The third kappa shape index (κ3) is 1.67. The monoisotopic (exact) mass is 145 g/mol. The van der Waals surface area contributed by atoms with Crippen molar-refractivity contribution in [2.75, 3.05) is 19.8 Å². The van der Waals surface area contributed by atoms with Gasteiger partial charge in [0.15, 0.2) is 0 Å². The molecule has 0 bridgehead atoms. The lowest BCUT2D eigenvalue weighted by molar-refractivity contribution is -0.983. The number of hydroxylamine groups is 1. The Bertz CT molecular complexity index is 107. The highest BCUT2D eigenvalue weighted by Gasteiger charge is 2.18. The van der Waals surface area contributed by atoms with E-state index >= 15 is 0 Å². The number of nitrogens with zero attached hydrogens (tertiary/aromatic N) is 1. The van der Waals surface area contributed by atoms with Gasteiger partial charge in [-0.2, -0.15) is 5.01 Å². The lowest BCUT2D eigenvalue weighted by atomic mass is 10.3. The van der Waals surface area contributed by atoms with Gasteiger partial charge in [0.05, 0.1) is 12.6 Å². The molecular formula is C6H15N3O. The fourth-order valence-electron chi connectivity index (χ4n) is 1.17. The van der Waals surface area contributed by atoms with Crippen LogP contribution in [0.1, 0.15) is 13.8 Å². The van der Waals surface area contributed by atoms with Crippen molar-refractivity contribution in [1.29, 1.82) is 0 Å². The van der Waals surface area contributed by atoms with Gasteiger partial charge in [-0.05, 0) is 13.8 Å². The molecule has 1 saturated heterocycles. The highest BCUT2D eigenvalue weighted by Crippen LogP contribution is 1.89. The minimum absolute atomic E-state index is 0.223. The molecule has 1 unspecified atom stereocenters. The lowest BCUT2D eigenvalue weighted by Gasteiger charge is -2.39. The van der Waals surface area contributed by atoms with Crippen LogP contribution in [0.15, 0.2) is 0 Å². The van der Waals surface area contributed by atoms with Crippen LogP contribution < -0.4 is 10.5 Å². The van der Waals surface area contributed by atoms with Crippen LogP contribution >= 0.6 is 0 Å². The first-order chi connectivity index (χ1) is 4.72. The van der Waals surface area contributed by atoms with E-state index in [1.807, 2.05) is 18.9 Å². The second kappa shape index (κ2) is 3.30. The van der Waals surface area contributed by atoms with Crippen molar-refractivity contribution < 1.29 is 5.17 Å². The van der Waals surface area contributed by atoms with E-state index in [0.29, 0.717) is 12.7 Å². The Kier molecular flexibility index (Phi) is 2.62. The summed E-state index contributed by atoms with van der Waals surface area (Å²) in [6, 6.07) is 0.356. The van der Waals surface area contributed by atoms with Crippen molar-refractivity contribution in [2.45, 2.75) is 19.9 Å². The van der Waals surface area contributed by atoms with Crippen molar-refractivity contribution in [3.8, 4) is 0 Å². The van der Waals surface area contributed by atoms with Crippen LogP contribution in [0.2, 0.25) is 0 Å². The molecule has 0 aliphatic carbocycles. The van der Waals surface area contributed by atoms with Crippen LogP contribution in [0.3, 0.4) is 0 Å². The van der Waals surface area contributed by atoms with E-state index in [1.54, 1.807) is 0 Å². The molecule has 10 heavy (non-hydrogen) atoms. The average Bonchev–Trinajstić information content (AvgIpc) is 1.88. The standard InChI is InChI=1S/C6H15N3O/c1-6(2)8-4-3-7-5-9(8)10/h6-7,9H,3-5H2,1-2H3. The molecule has 0 saturated carbocycles. The van der Waals surface area contributed by atoms with Gasteiger partial charge in [-0.3, -0.25) is 10.5 Å². The first-order valence-electron chi connectivity index (χ1n) is 3.72. The summed E-state index contributed by atoms with van der Waals surface area (Å²) in [6.45, 7) is 6.39. The zero-order chi connectivity index (χ0) is 7.56. The molecule has 0 aromatic rings. The van der Waals surface area contributed by atoms with Crippen molar-refractivity contribution in [1.82, 2.24) is 10.3 Å². The maximum absolute atomic E-state index is 11.1. The number of rotatable bonds is 1. The molecule has 4 heteroatoms. The lowest BCUT2D eigenvalue weighted by Crippen LogP contribution is -3.17. The van der Waals surface area contributed by atoms with Crippen molar-refractivity contribution in [3.05, 3.63) is 5.21 Å². The molecule has 2 N–H and O–H groups in total. The van der Waals surface area contributed by atoms with Crippen molar-refractivity contribution in [3.63, 3.8) is 0 Å². The Balaban J connectivity index is 2.40. The Morgan fingerprint density at radius 3 is 2.70 bits per heavy atom. The molecule has 1 aliphatic heterocycles. The summed E-state index contributed by atoms with van der Waals surface area (Å²) in [5.74, 6) is 0. The minimum Gasteiger partial charge on any atom is -0.612 e. The fraction of sp³-hybridized carbons (Fsp3) is 1.00. The molecule has 60 valence electrons. The van der Waals surface area contributed by atoms with Gasteiger partial charge in [0.2, 0.25) is 0 Å². The van der Waals surface area contributed by atoms with Gasteiger partial charge in [-0.25, -0.2) is 0 Å². The Labute approximate surface area is 61.3 Å². The van der Waals surface area contributed by atoms with E-state index < -0.39 is 0 Å². The highest BCUT2D eigenvalue weighted by molar-refractivity contribution is 4.56. The molecule has 0 aromatic heterocycles. The molecule has 1 rings (SSSR count). The van der Waals surface area contributed by atoms with Gasteiger partial charge >= 0.3 is 0 Å². The van der Waals surface area contributed by atoms with Crippen LogP contribution in [0.5, 0.6) is 0 Å². The Morgan fingerprint density at radius 2 is 2.30 bits per heavy atom. The molecule has 4 nitrogen and oxygen atoms in total. The first kappa shape index (κ1) is 7.94. The normalized spacial score (nSPS) is 29.4. The predicted molar refractivity (Wildman–Crippen MR) is 39.0 cm³/mol. The largest absolute Gasteiger partial charge is 0.612 e. The summed E-state index contributed by atoms with van der Waals surface area (Å²) in [4.78, 5) is 0. The van der Waals surface area contributed by atoms with Crippen LogP contribution in [0.4, 0.5) is 0 Å². The maximum atomic E-state index is 11.1. The van der Waals surface area contributed by atoms with Gasteiger partial charge in [0.25, 0.3) is 0 Å². The summed E-state index contributed by atoms with van der Waals surface area (Å²) in [5.41, 5.74) is 0. The average molecular weight is 145 g/mol. The SMILES string of the molecule is CC(C)N1CCNC[NH+]1[O-].